The highest BCUT2D eigenvalue weighted by Gasteiger charge is 2.20. The molecule has 0 unspecified atom stereocenters. The van der Waals surface area contributed by atoms with Crippen LogP contribution >= 0.6 is 0 Å². The topological polar surface area (TPSA) is 48.1 Å². The molecule has 0 bridgehead atoms. The van der Waals surface area contributed by atoms with Crippen molar-refractivity contribution in [3.63, 3.8) is 0 Å². The van der Waals surface area contributed by atoms with Crippen molar-refractivity contribution in [3.8, 4) is 0 Å². The molecule has 0 aliphatic carbocycles. The van der Waals surface area contributed by atoms with Crippen LogP contribution in [0.25, 0.3) is 0 Å². The predicted octanol–water partition coefficient (Wildman–Crippen LogP) is 1.52. The third-order valence-corrected chi connectivity index (χ3v) is 1.86. The van der Waals surface area contributed by atoms with E-state index in [-0.39, 0.29) is 0 Å². The van der Waals surface area contributed by atoms with E-state index in [9.17, 15) is 0 Å². The molecule has 0 fully saturated rings. The third-order valence-electron chi connectivity index (χ3n) is 1.86. The number of hydrogen-bond acceptors (Lipinski definition) is 3. The Hall–Kier alpha value is -0.930. The van der Waals surface area contributed by atoms with E-state index in [1.165, 1.54) is 0 Å². The summed E-state index contributed by atoms with van der Waals surface area (Å²) < 4.78 is 0. The summed E-state index contributed by atoms with van der Waals surface area (Å²) in [7, 11) is 0. The Labute approximate surface area is 72.5 Å². The molecule has 1 aromatic rings. The summed E-state index contributed by atoms with van der Waals surface area (Å²) in [5, 5.41) is 0. The first-order chi connectivity index (χ1) is 5.56. The van der Waals surface area contributed by atoms with E-state index in [0.29, 0.717) is 0 Å². The van der Waals surface area contributed by atoms with Gasteiger partial charge >= 0.3 is 0 Å². The fourth-order valence-electron chi connectivity index (χ4n) is 0.952. The van der Waals surface area contributed by atoms with Crippen LogP contribution in [0.15, 0.2) is 18.5 Å². The van der Waals surface area contributed by atoms with Crippen molar-refractivity contribution in [2.24, 2.45) is 5.90 Å². The molecule has 0 aromatic carbocycles. The molecule has 0 saturated carbocycles. The molecule has 3 heteroatoms. The fourth-order valence-corrected chi connectivity index (χ4v) is 0.952. The Morgan fingerprint density at radius 2 is 2.08 bits per heavy atom. The van der Waals surface area contributed by atoms with Gasteiger partial charge in [-0.2, -0.15) is 0 Å². The Morgan fingerprint density at radius 1 is 1.42 bits per heavy atom. The predicted molar refractivity (Wildman–Crippen MR) is 47.3 cm³/mol. The van der Waals surface area contributed by atoms with Gasteiger partial charge in [-0.15, -0.1) is 0 Å². The molecule has 1 aromatic heterocycles. The van der Waals surface area contributed by atoms with E-state index in [4.69, 9.17) is 10.7 Å². The Bertz CT molecular complexity index is 271. The van der Waals surface area contributed by atoms with Crippen molar-refractivity contribution >= 4 is 0 Å². The van der Waals surface area contributed by atoms with Crippen LogP contribution in [0.1, 0.15) is 25.0 Å². The van der Waals surface area contributed by atoms with Gasteiger partial charge < -0.3 is 0 Å². The smallest absolute Gasteiger partial charge is 0.110 e. The van der Waals surface area contributed by atoms with Crippen molar-refractivity contribution in [2.45, 2.75) is 26.4 Å². The second-order valence-corrected chi connectivity index (χ2v) is 3.38. The standard InChI is InChI=1S/C9H14N2O/c1-7-4-8(6-11-5-7)9(2,3)12-10/h4-6H,10H2,1-3H3. The van der Waals surface area contributed by atoms with Gasteiger partial charge in [0.05, 0.1) is 0 Å². The largest absolute Gasteiger partial charge is 0.294 e. The molecular formula is C9H14N2O. The maximum atomic E-state index is 5.16. The molecule has 0 aliphatic heterocycles. The molecule has 1 heterocycles. The van der Waals surface area contributed by atoms with Crippen LogP contribution in [-0.2, 0) is 10.4 Å². The monoisotopic (exact) mass is 166 g/mol. The first-order valence-electron chi connectivity index (χ1n) is 3.86. The Balaban J connectivity index is 3.03. The van der Waals surface area contributed by atoms with Gasteiger partial charge in [-0.05, 0) is 26.3 Å². The van der Waals surface area contributed by atoms with Crippen LogP contribution in [0.3, 0.4) is 0 Å². The minimum absolute atomic E-state index is 0.459. The summed E-state index contributed by atoms with van der Waals surface area (Å²) >= 11 is 0. The van der Waals surface area contributed by atoms with Gasteiger partial charge in [0.25, 0.3) is 0 Å². The van der Waals surface area contributed by atoms with Crippen LogP contribution in [0, 0.1) is 6.92 Å². The zero-order valence-corrected chi connectivity index (χ0v) is 7.66. The second kappa shape index (κ2) is 3.21. The summed E-state index contributed by atoms with van der Waals surface area (Å²) in [4.78, 5) is 8.90. The van der Waals surface area contributed by atoms with Crippen molar-refractivity contribution in [1.29, 1.82) is 0 Å². The van der Waals surface area contributed by atoms with Gasteiger partial charge in [-0.1, -0.05) is 6.07 Å². The second-order valence-electron chi connectivity index (χ2n) is 3.38. The van der Waals surface area contributed by atoms with E-state index >= 15 is 0 Å². The molecule has 0 radical (unpaired) electrons. The molecule has 0 atom stereocenters. The summed E-state index contributed by atoms with van der Waals surface area (Å²) in [6, 6.07) is 2.01. The third kappa shape index (κ3) is 1.81. The number of aromatic nitrogens is 1. The lowest BCUT2D eigenvalue weighted by molar-refractivity contribution is -0.0238. The van der Waals surface area contributed by atoms with E-state index in [1.54, 1.807) is 12.4 Å². The van der Waals surface area contributed by atoms with Crippen LogP contribution in [0.5, 0.6) is 0 Å². The lowest BCUT2D eigenvalue weighted by atomic mass is 9.99. The van der Waals surface area contributed by atoms with E-state index in [0.717, 1.165) is 11.1 Å². The normalized spacial score (nSPS) is 11.7. The van der Waals surface area contributed by atoms with Gasteiger partial charge in [0, 0.05) is 18.0 Å². The van der Waals surface area contributed by atoms with Crippen LogP contribution in [0.4, 0.5) is 0 Å². The minimum atomic E-state index is -0.459. The molecule has 0 spiro atoms. The summed E-state index contributed by atoms with van der Waals surface area (Å²) in [6.45, 7) is 5.80. The number of hydrogen-bond donors (Lipinski definition) is 1. The number of aryl methyl sites for hydroxylation is 1. The Morgan fingerprint density at radius 3 is 2.58 bits per heavy atom. The maximum Gasteiger partial charge on any atom is 0.110 e. The lowest BCUT2D eigenvalue weighted by Gasteiger charge is -2.21. The minimum Gasteiger partial charge on any atom is -0.294 e. The first kappa shape index (κ1) is 9.16. The molecule has 12 heavy (non-hydrogen) atoms. The van der Waals surface area contributed by atoms with Gasteiger partial charge in [0.2, 0.25) is 0 Å². The Kier molecular flexibility index (Phi) is 2.45. The maximum absolute atomic E-state index is 5.16. The molecule has 0 amide bonds. The van der Waals surface area contributed by atoms with Crippen molar-refractivity contribution in [3.05, 3.63) is 29.6 Å². The summed E-state index contributed by atoms with van der Waals surface area (Å²) in [5.74, 6) is 5.16. The molecule has 1 rings (SSSR count). The molecular weight excluding hydrogens is 152 g/mol. The van der Waals surface area contributed by atoms with Crippen LogP contribution < -0.4 is 5.90 Å². The average Bonchev–Trinajstić information content (AvgIpc) is 2.05. The van der Waals surface area contributed by atoms with Gasteiger partial charge in [0.15, 0.2) is 0 Å². The fraction of sp³-hybridized carbons (Fsp3) is 0.444. The number of pyridine rings is 1. The highest BCUT2D eigenvalue weighted by molar-refractivity contribution is 5.21. The number of rotatable bonds is 2. The molecule has 3 nitrogen and oxygen atoms in total. The molecule has 2 N–H and O–H groups in total. The molecule has 66 valence electrons. The highest BCUT2D eigenvalue weighted by Crippen LogP contribution is 2.22. The average molecular weight is 166 g/mol. The SMILES string of the molecule is Cc1cncc(C(C)(C)ON)c1. The number of nitrogens with two attached hydrogens (primary N) is 1. The van der Waals surface area contributed by atoms with Gasteiger partial charge in [0.1, 0.15) is 5.60 Å². The first-order valence-corrected chi connectivity index (χ1v) is 3.86. The van der Waals surface area contributed by atoms with E-state index in [2.05, 4.69) is 4.98 Å². The summed E-state index contributed by atoms with van der Waals surface area (Å²) in [5.41, 5.74) is 1.64. The zero-order chi connectivity index (χ0) is 9.19. The van der Waals surface area contributed by atoms with Gasteiger partial charge in [-0.3, -0.25) is 9.82 Å². The van der Waals surface area contributed by atoms with E-state index in [1.807, 2.05) is 26.8 Å². The lowest BCUT2D eigenvalue weighted by Crippen LogP contribution is -2.25. The van der Waals surface area contributed by atoms with Crippen molar-refractivity contribution in [1.82, 2.24) is 4.98 Å². The van der Waals surface area contributed by atoms with Crippen LogP contribution in [-0.4, -0.2) is 4.98 Å². The zero-order valence-electron chi connectivity index (χ0n) is 7.66. The number of nitrogens with zero attached hydrogens (tertiary/aromatic N) is 1. The highest BCUT2D eigenvalue weighted by atomic mass is 16.6. The van der Waals surface area contributed by atoms with Crippen molar-refractivity contribution in [2.75, 3.05) is 0 Å². The van der Waals surface area contributed by atoms with Crippen LogP contribution in [0.2, 0.25) is 0 Å². The van der Waals surface area contributed by atoms with Gasteiger partial charge in [-0.25, -0.2) is 5.90 Å². The van der Waals surface area contributed by atoms with Crippen molar-refractivity contribution < 1.29 is 4.84 Å². The molecule has 0 aliphatic rings. The molecule has 0 saturated heterocycles. The quantitative estimate of drug-likeness (QED) is 0.677. The van der Waals surface area contributed by atoms with E-state index < -0.39 is 5.60 Å². The summed E-state index contributed by atoms with van der Waals surface area (Å²) in [6.07, 6.45) is 3.57.